The summed E-state index contributed by atoms with van der Waals surface area (Å²) < 4.78 is 0.294. The van der Waals surface area contributed by atoms with Crippen molar-refractivity contribution in [2.45, 2.75) is 0 Å². The Bertz CT molecular complexity index is 272. The molecule has 0 aromatic carbocycles. The maximum Gasteiger partial charge on any atom is 0.348 e. The van der Waals surface area contributed by atoms with Crippen molar-refractivity contribution in [3.8, 4) is 0 Å². The van der Waals surface area contributed by atoms with Gasteiger partial charge in [0.25, 0.3) is 0 Å². The van der Waals surface area contributed by atoms with Crippen LogP contribution >= 0.6 is 27.3 Å². The van der Waals surface area contributed by atoms with Gasteiger partial charge in [0.2, 0.25) is 0 Å². The van der Waals surface area contributed by atoms with E-state index in [2.05, 4.69) is 20.9 Å². The average molecular weight is 223 g/mol. The minimum absolute atomic E-state index is 0.137. The maximum absolute atomic E-state index is 10.3. The number of halogens is 1. The Labute approximate surface area is 68.8 Å². The molecule has 1 aromatic rings. The van der Waals surface area contributed by atoms with Gasteiger partial charge in [0.15, 0.2) is 5.13 Å². The Morgan fingerprint density at radius 1 is 1.80 bits per heavy atom. The third-order valence-corrected chi connectivity index (χ3v) is 2.51. The fourth-order valence-corrected chi connectivity index (χ4v) is 1.73. The van der Waals surface area contributed by atoms with Gasteiger partial charge in [0.05, 0.1) is 0 Å². The van der Waals surface area contributed by atoms with Crippen molar-refractivity contribution in [3.05, 3.63) is 9.48 Å². The van der Waals surface area contributed by atoms with Gasteiger partial charge in [-0.3, -0.25) is 0 Å². The molecule has 0 saturated heterocycles. The molecule has 1 aromatic heterocycles. The Hall–Kier alpha value is -0.620. The predicted octanol–water partition coefficient (Wildman–Crippen LogP) is 1.19. The average Bonchev–Trinajstić information content (AvgIpc) is 2.10. The van der Waals surface area contributed by atoms with E-state index < -0.39 is 5.97 Å². The molecule has 0 aliphatic heterocycles. The van der Waals surface area contributed by atoms with E-state index in [4.69, 9.17) is 10.8 Å². The molecule has 1 heterocycles. The number of aromatic nitrogens is 1. The fraction of sp³-hybridized carbons (Fsp3) is 0. The second kappa shape index (κ2) is 2.55. The zero-order chi connectivity index (χ0) is 7.72. The molecular weight excluding hydrogens is 220 g/mol. The lowest BCUT2D eigenvalue weighted by atomic mass is 10.6. The molecule has 0 unspecified atom stereocenters. The van der Waals surface area contributed by atoms with Crippen molar-refractivity contribution in [1.82, 2.24) is 4.98 Å². The highest BCUT2D eigenvalue weighted by atomic mass is 79.9. The van der Waals surface area contributed by atoms with E-state index in [9.17, 15) is 4.79 Å². The van der Waals surface area contributed by atoms with Crippen LogP contribution < -0.4 is 5.73 Å². The monoisotopic (exact) mass is 222 g/mol. The number of nitrogens with two attached hydrogens (primary N) is 1. The van der Waals surface area contributed by atoms with Gasteiger partial charge in [0, 0.05) is 0 Å². The Morgan fingerprint density at radius 2 is 2.40 bits per heavy atom. The van der Waals surface area contributed by atoms with Gasteiger partial charge in [-0.2, -0.15) is 0 Å². The van der Waals surface area contributed by atoms with Crippen molar-refractivity contribution in [2.24, 2.45) is 0 Å². The van der Waals surface area contributed by atoms with Crippen molar-refractivity contribution in [1.29, 1.82) is 0 Å². The van der Waals surface area contributed by atoms with E-state index in [0.29, 0.717) is 4.60 Å². The zero-order valence-electron chi connectivity index (χ0n) is 4.67. The van der Waals surface area contributed by atoms with Crippen molar-refractivity contribution < 1.29 is 9.90 Å². The van der Waals surface area contributed by atoms with Crippen LogP contribution in [0.15, 0.2) is 4.60 Å². The molecule has 0 atom stereocenters. The molecule has 0 radical (unpaired) electrons. The Kier molecular flexibility index (Phi) is 1.91. The third kappa shape index (κ3) is 1.27. The largest absolute Gasteiger partial charge is 0.477 e. The molecule has 4 nitrogen and oxygen atoms in total. The number of rotatable bonds is 1. The molecule has 10 heavy (non-hydrogen) atoms. The number of anilines is 1. The highest BCUT2D eigenvalue weighted by Crippen LogP contribution is 2.24. The molecule has 0 fully saturated rings. The summed E-state index contributed by atoms with van der Waals surface area (Å²) in [7, 11) is 0. The number of aromatic carboxylic acids is 1. The van der Waals surface area contributed by atoms with Gasteiger partial charge in [-0.15, -0.1) is 0 Å². The van der Waals surface area contributed by atoms with Gasteiger partial charge in [-0.25, -0.2) is 9.78 Å². The standard InChI is InChI=1S/C4H3BrN2O2S/c5-2-1(3(8)9)10-4(6)7-2/h(H2,6,7)(H,8,9). The van der Waals surface area contributed by atoms with Crippen molar-refractivity contribution >= 4 is 38.4 Å². The van der Waals surface area contributed by atoms with E-state index >= 15 is 0 Å². The van der Waals surface area contributed by atoms with Crippen LogP contribution in [0.5, 0.6) is 0 Å². The first kappa shape index (κ1) is 7.49. The van der Waals surface area contributed by atoms with Gasteiger partial charge >= 0.3 is 5.97 Å². The summed E-state index contributed by atoms with van der Waals surface area (Å²) in [6.07, 6.45) is 0. The minimum atomic E-state index is -1.01. The summed E-state index contributed by atoms with van der Waals surface area (Å²) in [6.45, 7) is 0. The molecule has 0 bridgehead atoms. The zero-order valence-corrected chi connectivity index (χ0v) is 7.07. The molecule has 54 valence electrons. The molecule has 0 aliphatic carbocycles. The number of nitrogens with zero attached hydrogens (tertiary/aromatic N) is 1. The second-order valence-electron chi connectivity index (χ2n) is 1.48. The van der Waals surface area contributed by atoms with E-state index in [1.807, 2.05) is 0 Å². The summed E-state index contributed by atoms with van der Waals surface area (Å²) >= 11 is 3.90. The predicted molar refractivity (Wildman–Crippen MR) is 41.2 cm³/mol. The number of hydrogen-bond acceptors (Lipinski definition) is 4. The first-order valence-corrected chi connectivity index (χ1v) is 3.87. The highest BCUT2D eigenvalue weighted by Gasteiger charge is 2.12. The van der Waals surface area contributed by atoms with Gasteiger partial charge in [-0.1, -0.05) is 11.3 Å². The normalized spacial score (nSPS) is 9.70. The highest BCUT2D eigenvalue weighted by molar-refractivity contribution is 9.10. The number of hydrogen-bond donors (Lipinski definition) is 2. The topological polar surface area (TPSA) is 76.2 Å². The van der Waals surface area contributed by atoms with Crippen LogP contribution in [0.1, 0.15) is 9.67 Å². The van der Waals surface area contributed by atoms with E-state index in [1.165, 1.54) is 0 Å². The van der Waals surface area contributed by atoms with Crippen LogP contribution in [0.4, 0.5) is 5.13 Å². The van der Waals surface area contributed by atoms with Crippen LogP contribution in [0.25, 0.3) is 0 Å². The Morgan fingerprint density at radius 3 is 2.60 bits per heavy atom. The number of carbonyl (C=O) groups is 1. The van der Waals surface area contributed by atoms with Gasteiger partial charge in [0.1, 0.15) is 9.48 Å². The third-order valence-electron chi connectivity index (χ3n) is 0.797. The number of thiazole rings is 1. The minimum Gasteiger partial charge on any atom is -0.477 e. The summed E-state index contributed by atoms with van der Waals surface area (Å²) in [5, 5.41) is 8.72. The van der Waals surface area contributed by atoms with Crippen molar-refractivity contribution in [3.63, 3.8) is 0 Å². The van der Waals surface area contributed by atoms with Gasteiger partial charge in [-0.05, 0) is 15.9 Å². The van der Waals surface area contributed by atoms with Crippen LogP contribution in [-0.2, 0) is 0 Å². The molecule has 0 amide bonds. The van der Waals surface area contributed by atoms with Crippen LogP contribution in [0.3, 0.4) is 0 Å². The summed E-state index contributed by atoms with van der Waals surface area (Å²) in [5.74, 6) is -1.01. The summed E-state index contributed by atoms with van der Waals surface area (Å²) in [5.41, 5.74) is 5.23. The van der Waals surface area contributed by atoms with E-state index in [1.54, 1.807) is 0 Å². The number of carboxylic acid groups (broad SMARTS) is 1. The van der Waals surface area contributed by atoms with Crippen LogP contribution in [0, 0.1) is 0 Å². The summed E-state index contributed by atoms with van der Waals surface area (Å²) in [6, 6.07) is 0. The smallest absolute Gasteiger partial charge is 0.348 e. The van der Waals surface area contributed by atoms with Crippen LogP contribution in [-0.4, -0.2) is 16.1 Å². The lowest BCUT2D eigenvalue weighted by molar-refractivity contribution is 0.0701. The molecule has 3 N–H and O–H groups in total. The maximum atomic E-state index is 10.3. The first-order valence-electron chi connectivity index (χ1n) is 2.26. The lowest BCUT2D eigenvalue weighted by Crippen LogP contribution is -1.91. The molecule has 0 spiro atoms. The van der Waals surface area contributed by atoms with E-state index in [0.717, 1.165) is 11.3 Å². The summed E-state index contributed by atoms with van der Waals surface area (Å²) in [4.78, 5) is 14.1. The molecule has 0 saturated carbocycles. The molecule has 6 heteroatoms. The fourth-order valence-electron chi connectivity index (χ4n) is 0.449. The lowest BCUT2D eigenvalue weighted by Gasteiger charge is -1.82. The number of nitrogen functional groups attached to an aromatic ring is 1. The molecular formula is C4H3BrN2O2S. The van der Waals surface area contributed by atoms with Gasteiger partial charge < -0.3 is 10.8 Å². The molecule has 1 rings (SSSR count). The second-order valence-corrected chi connectivity index (χ2v) is 3.26. The molecule has 0 aliphatic rings. The number of carboxylic acids is 1. The quantitative estimate of drug-likeness (QED) is 0.749. The van der Waals surface area contributed by atoms with Crippen molar-refractivity contribution in [2.75, 3.05) is 5.73 Å². The first-order chi connectivity index (χ1) is 4.61. The van der Waals surface area contributed by atoms with Crippen LogP contribution in [0.2, 0.25) is 0 Å². The van der Waals surface area contributed by atoms with E-state index in [-0.39, 0.29) is 10.0 Å². The Balaban J connectivity index is 3.15. The SMILES string of the molecule is Nc1nc(Br)c(C(=O)O)s1.